The molecule has 0 radical (unpaired) electrons. The number of H-pyrrole nitrogens is 1. The molecule has 0 saturated heterocycles. The molecule has 1 aromatic heterocycles. The van der Waals surface area contributed by atoms with Crippen LogP contribution in [0.5, 0.6) is 0 Å². The highest BCUT2D eigenvalue weighted by molar-refractivity contribution is 5.96. The van der Waals surface area contributed by atoms with Crippen molar-refractivity contribution in [2.24, 2.45) is 5.92 Å². The molecule has 8 heteroatoms. The van der Waals surface area contributed by atoms with Crippen LogP contribution >= 0.6 is 0 Å². The molecular weight excluding hydrogens is 252 g/mol. The van der Waals surface area contributed by atoms with Gasteiger partial charge in [-0.05, 0) is 31.6 Å². The molecule has 0 unspecified atom stereocenters. The Kier molecular flexibility index (Phi) is 4.10. The van der Waals surface area contributed by atoms with Crippen molar-refractivity contribution >= 4 is 11.6 Å². The van der Waals surface area contributed by atoms with Gasteiger partial charge in [-0.25, -0.2) is 0 Å². The van der Waals surface area contributed by atoms with Crippen LogP contribution in [0.2, 0.25) is 0 Å². The van der Waals surface area contributed by atoms with Crippen LogP contribution in [0.3, 0.4) is 0 Å². The van der Waals surface area contributed by atoms with Crippen LogP contribution in [0.1, 0.15) is 36.2 Å². The highest BCUT2D eigenvalue weighted by atomic mass is 16.6. The zero-order valence-corrected chi connectivity index (χ0v) is 10.3. The van der Waals surface area contributed by atoms with E-state index in [0.717, 1.165) is 31.9 Å². The third kappa shape index (κ3) is 3.08. The van der Waals surface area contributed by atoms with Crippen LogP contribution in [0.25, 0.3) is 0 Å². The smallest absolute Gasteiger partial charge is 0.319 e. The predicted molar refractivity (Wildman–Crippen MR) is 65.5 cm³/mol. The fourth-order valence-electron chi connectivity index (χ4n) is 2.33. The van der Waals surface area contributed by atoms with Crippen molar-refractivity contribution < 1.29 is 14.8 Å². The number of aromatic amines is 1. The number of hydrogen-bond donors (Lipinski definition) is 3. The lowest BCUT2D eigenvalue weighted by Crippen LogP contribution is -2.38. The summed E-state index contributed by atoms with van der Waals surface area (Å²) in [6.45, 7) is 0.173. The summed E-state index contributed by atoms with van der Waals surface area (Å²) in [5.74, 6) is -0.203. The van der Waals surface area contributed by atoms with E-state index in [-0.39, 0.29) is 24.0 Å². The Balaban J connectivity index is 1.94. The molecule has 0 aromatic carbocycles. The lowest BCUT2D eigenvalue weighted by Gasteiger charge is -2.27. The monoisotopic (exact) mass is 268 g/mol. The summed E-state index contributed by atoms with van der Waals surface area (Å²) in [5.41, 5.74) is -0.434. The number of aromatic nitrogens is 2. The second-order valence-electron chi connectivity index (χ2n) is 4.76. The summed E-state index contributed by atoms with van der Waals surface area (Å²) in [6, 6.07) is -0.00166. The van der Waals surface area contributed by atoms with Gasteiger partial charge >= 0.3 is 5.69 Å². The summed E-state index contributed by atoms with van der Waals surface area (Å²) in [4.78, 5) is 22.0. The molecule has 1 saturated carbocycles. The quantitative estimate of drug-likeness (QED) is 0.545. The molecule has 1 heterocycles. The van der Waals surface area contributed by atoms with Gasteiger partial charge in [0.15, 0.2) is 0 Å². The van der Waals surface area contributed by atoms with Gasteiger partial charge in [-0.3, -0.25) is 20.0 Å². The van der Waals surface area contributed by atoms with Crippen molar-refractivity contribution in [2.75, 3.05) is 6.61 Å². The number of hydrogen-bond acceptors (Lipinski definition) is 5. The molecule has 2 rings (SSSR count). The van der Waals surface area contributed by atoms with E-state index < -0.39 is 10.8 Å². The van der Waals surface area contributed by atoms with Crippen molar-refractivity contribution in [3.05, 3.63) is 22.0 Å². The minimum Gasteiger partial charge on any atom is -0.396 e. The number of aliphatic hydroxyl groups excluding tert-OH is 1. The van der Waals surface area contributed by atoms with Crippen LogP contribution in [-0.2, 0) is 0 Å². The number of nitrogens with one attached hydrogen (secondary N) is 2. The van der Waals surface area contributed by atoms with Gasteiger partial charge in [-0.2, -0.15) is 5.10 Å². The lowest BCUT2D eigenvalue weighted by atomic mass is 9.86. The van der Waals surface area contributed by atoms with E-state index in [4.69, 9.17) is 5.11 Å². The lowest BCUT2D eigenvalue weighted by molar-refractivity contribution is -0.385. The summed E-state index contributed by atoms with van der Waals surface area (Å²) in [6.07, 6.45) is 4.29. The van der Waals surface area contributed by atoms with Crippen LogP contribution in [0, 0.1) is 16.0 Å². The molecule has 0 spiro atoms. The molecule has 8 nitrogen and oxygen atoms in total. The van der Waals surface area contributed by atoms with Crippen molar-refractivity contribution in [3.8, 4) is 0 Å². The number of rotatable bonds is 4. The molecule has 0 bridgehead atoms. The fraction of sp³-hybridized carbons (Fsp3) is 0.636. The van der Waals surface area contributed by atoms with Crippen molar-refractivity contribution in [1.82, 2.24) is 15.5 Å². The van der Waals surface area contributed by atoms with Crippen molar-refractivity contribution in [3.63, 3.8) is 0 Å². The van der Waals surface area contributed by atoms with Crippen LogP contribution in [-0.4, -0.2) is 38.8 Å². The molecule has 104 valence electrons. The molecular formula is C11H16N4O4. The Labute approximate surface area is 109 Å². The fourth-order valence-corrected chi connectivity index (χ4v) is 2.33. The third-order valence-electron chi connectivity index (χ3n) is 3.48. The molecule has 1 aromatic rings. The SMILES string of the molecule is O=C(NC1CCC(CO)CC1)c1[nH]ncc1[N+](=O)[O-]. The van der Waals surface area contributed by atoms with Gasteiger partial charge in [-0.15, -0.1) is 0 Å². The first-order valence-electron chi connectivity index (χ1n) is 6.21. The number of carbonyl (C=O) groups is 1. The average molecular weight is 268 g/mol. The summed E-state index contributed by atoms with van der Waals surface area (Å²) in [5, 5.41) is 28.4. The van der Waals surface area contributed by atoms with E-state index >= 15 is 0 Å². The maximum Gasteiger partial charge on any atom is 0.319 e. The number of nitro groups is 1. The second kappa shape index (κ2) is 5.79. The first-order valence-corrected chi connectivity index (χ1v) is 6.21. The van der Waals surface area contributed by atoms with E-state index in [1.165, 1.54) is 0 Å². The molecule has 1 amide bonds. The number of aliphatic hydroxyl groups is 1. The largest absolute Gasteiger partial charge is 0.396 e. The first kappa shape index (κ1) is 13.5. The Hall–Kier alpha value is -1.96. The normalized spacial score (nSPS) is 23.0. The van der Waals surface area contributed by atoms with Gasteiger partial charge < -0.3 is 10.4 Å². The zero-order chi connectivity index (χ0) is 13.8. The Morgan fingerprint density at radius 2 is 2.21 bits per heavy atom. The molecule has 3 N–H and O–H groups in total. The maximum atomic E-state index is 11.9. The van der Waals surface area contributed by atoms with E-state index in [9.17, 15) is 14.9 Å². The standard InChI is InChI=1S/C11H16N4O4/c16-6-7-1-3-8(4-2-7)13-11(17)10-9(15(18)19)5-12-14-10/h5,7-8,16H,1-4,6H2,(H,12,14)(H,13,17). The Morgan fingerprint density at radius 1 is 1.53 bits per heavy atom. The van der Waals surface area contributed by atoms with E-state index in [0.29, 0.717) is 5.92 Å². The Morgan fingerprint density at radius 3 is 2.79 bits per heavy atom. The van der Waals surface area contributed by atoms with Crippen LogP contribution in [0.15, 0.2) is 6.20 Å². The number of amides is 1. The van der Waals surface area contributed by atoms with Crippen molar-refractivity contribution in [2.45, 2.75) is 31.7 Å². The van der Waals surface area contributed by atoms with Crippen LogP contribution < -0.4 is 5.32 Å². The molecule has 1 fully saturated rings. The van der Waals surface area contributed by atoms with Gasteiger partial charge in [0.1, 0.15) is 6.20 Å². The summed E-state index contributed by atoms with van der Waals surface area (Å²) < 4.78 is 0. The highest BCUT2D eigenvalue weighted by Gasteiger charge is 2.27. The van der Waals surface area contributed by atoms with Gasteiger partial charge in [0, 0.05) is 12.6 Å². The van der Waals surface area contributed by atoms with Crippen LogP contribution in [0.4, 0.5) is 5.69 Å². The molecule has 0 atom stereocenters. The molecule has 1 aliphatic carbocycles. The molecule has 19 heavy (non-hydrogen) atoms. The maximum absolute atomic E-state index is 11.9. The topological polar surface area (TPSA) is 121 Å². The minimum absolute atomic E-state index is 0.00166. The van der Waals surface area contributed by atoms with Gasteiger partial charge in [-0.1, -0.05) is 0 Å². The zero-order valence-electron chi connectivity index (χ0n) is 10.3. The van der Waals surface area contributed by atoms with Gasteiger partial charge in [0.05, 0.1) is 4.92 Å². The van der Waals surface area contributed by atoms with Gasteiger partial charge in [0.2, 0.25) is 5.69 Å². The van der Waals surface area contributed by atoms with E-state index in [1.807, 2.05) is 0 Å². The first-order chi connectivity index (χ1) is 9.11. The minimum atomic E-state index is -0.638. The molecule has 1 aliphatic rings. The summed E-state index contributed by atoms with van der Waals surface area (Å²) >= 11 is 0. The third-order valence-corrected chi connectivity index (χ3v) is 3.48. The van der Waals surface area contributed by atoms with Gasteiger partial charge in [0.25, 0.3) is 5.91 Å². The second-order valence-corrected chi connectivity index (χ2v) is 4.76. The number of carbonyl (C=O) groups excluding carboxylic acids is 1. The number of nitrogens with zero attached hydrogens (tertiary/aromatic N) is 2. The summed E-state index contributed by atoms with van der Waals surface area (Å²) in [7, 11) is 0. The van der Waals surface area contributed by atoms with E-state index in [1.54, 1.807) is 0 Å². The molecule has 0 aliphatic heterocycles. The Bertz CT molecular complexity index is 465. The predicted octanol–water partition coefficient (Wildman–Crippen LogP) is 0.599. The highest BCUT2D eigenvalue weighted by Crippen LogP contribution is 2.24. The van der Waals surface area contributed by atoms with E-state index in [2.05, 4.69) is 15.5 Å². The average Bonchev–Trinajstić information content (AvgIpc) is 2.89. The van der Waals surface area contributed by atoms with Crippen molar-refractivity contribution in [1.29, 1.82) is 0 Å².